The third-order valence-electron chi connectivity index (χ3n) is 1.49. The summed E-state index contributed by atoms with van der Waals surface area (Å²) in [5.74, 6) is 1.19. The third-order valence-corrected chi connectivity index (χ3v) is 3.82. The second-order valence-corrected chi connectivity index (χ2v) is 4.46. The van der Waals surface area contributed by atoms with Crippen LogP contribution in [0.15, 0.2) is 11.0 Å². The van der Waals surface area contributed by atoms with E-state index in [1.807, 2.05) is 17.8 Å². The highest BCUT2D eigenvalue weighted by Crippen LogP contribution is 2.36. The van der Waals surface area contributed by atoms with E-state index in [0.717, 1.165) is 17.6 Å². The normalized spacial score (nSPS) is 15.2. The Morgan fingerprint density at radius 1 is 1.60 bits per heavy atom. The molecule has 0 unspecified atom stereocenters. The molecule has 1 aliphatic heterocycles. The Hall–Kier alpha value is -0.280. The molecular formula is C7H6OS2. The van der Waals surface area contributed by atoms with Gasteiger partial charge in [0, 0.05) is 15.5 Å². The molecule has 1 aromatic heterocycles. The number of thioether (sulfide) groups is 1. The van der Waals surface area contributed by atoms with E-state index in [1.54, 1.807) is 11.3 Å². The number of aldehydes is 1. The topological polar surface area (TPSA) is 17.1 Å². The van der Waals surface area contributed by atoms with Crippen LogP contribution in [0.3, 0.4) is 0 Å². The maximum absolute atomic E-state index is 10.3. The molecule has 0 radical (unpaired) electrons. The summed E-state index contributed by atoms with van der Waals surface area (Å²) < 4.78 is 0. The van der Waals surface area contributed by atoms with Crippen LogP contribution < -0.4 is 0 Å². The number of aryl methyl sites for hydroxylation is 1. The standard InChI is InChI=1S/C7H6OS2/c8-4-5-3-7-6(10-5)1-2-9-7/h3-4H,1-2H2. The molecule has 1 aliphatic rings. The number of hydrogen-bond donors (Lipinski definition) is 0. The zero-order valence-corrected chi connectivity index (χ0v) is 6.93. The number of thiophene rings is 1. The van der Waals surface area contributed by atoms with Gasteiger partial charge in [-0.1, -0.05) is 0 Å². The zero-order valence-electron chi connectivity index (χ0n) is 5.29. The summed E-state index contributed by atoms with van der Waals surface area (Å²) in [6.45, 7) is 0. The molecule has 0 atom stereocenters. The molecule has 2 rings (SSSR count). The van der Waals surface area contributed by atoms with E-state index < -0.39 is 0 Å². The van der Waals surface area contributed by atoms with Crippen LogP contribution in [-0.4, -0.2) is 12.0 Å². The van der Waals surface area contributed by atoms with Gasteiger partial charge >= 0.3 is 0 Å². The molecule has 2 heterocycles. The Morgan fingerprint density at radius 2 is 2.50 bits per heavy atom. The molecule has 0 aliphatic carbocycles. The van der Waals surface area contributed by atoms with Crippen molar-refractivity contribution in [2.45, 2.75) is 11.3 Å². The van der Waals surface area contributed by atoms with Crippen molar-refractivity contribution in [2.75, 3.05) is 5.75 Å². The number of hydrogen-bond acceptors (Lipinski definition) is 3. The molecule has 1 aromatic rings. The van der Waals surface area contributed by atoms with E-state index in [1.165, 1.54) is 15.5 Å². The Balaban J connectivity index is 2.46. The first-order chi connectivity index (χ1) is 4.90. The molecule has 0 aromatic carbocycles. The highest BCUT2D eigenvalue weighted by molar-refractivity contribution is 7.99. The van der Waals surface area contributed by atoms with Gasteiger partial charge in [-0.15, -0.1) is 23.1 Å². The molecule has 0 spiro atoms. The van der Waals surface area contributed by atoms with Gasteiger partial charge < -0.3 is 0 Å². The summed E-state index contributed by atoms with van der Waals surface area (Å²) in [7, 11) is 0. The van der Waals surface area contributed by atoms with Crippen molar-refractivity contribution in [1.82, 2.24) is 0 Å². The van der Waals surface area contributed by atoms with Crippen molar-refractivity contribution < 1.29 is 4.79 Å². The molecule has 52 valence electrons. The Bertz CT molecular complexity index is 243. The van der Waals surface area contributed by atoms with E-state index in [4.69, 9.17) is 0 Å². The Labute approximate surface area is 67.4 Å². The average molecular weight is 170 g/mol. The van der Waals surface area contributed by atoms with Gasteiger partial charge in [0.1, 0.15) is 0 Å². The van der Waals surface area contributed by atoms with Crippen LogP contribution in [0, 0.1) is 0 Å². The predicted molar refractivity (Wildman–Crippen MR) is 44.1 cm³/mol. The van der Waals surface area contributed by atoms with Gasteiger partial charge in [-0.2, -0.15) is 0 Å². The van der Waals surface area contributed by atoms with E-state index in [2.05, 4.69) is 0 Å². The number of fused-ring (bicyclic) bond motifs is 1. The first kappa shape index (κ1) is 6.43. The number of carbonyl (C=O) groups excluding carboxylic acids is 1. The first-order valence-corrected chi connectivity index (χ1v) is 4.91. The van der Waals surface area contributed by atoms with Crippen molar-refractivity contribution in [3.63, 3.8) is 0 Å². The van der Waals surface area contributed by atoms with E-state index in [-0.39, 0.29) is 0 Å². The van der Waals surface area contributed by atoms with Crippen molar-refractivity contribution in [3.05, 3.63) is 15.8 Å². The summed E-state index contributed by atoms with van der Waals surface area (Å²) in [6, 6.07) is 1.99. The van der Waals surface area contributed by atoms with Gasteiger partial charge in [-0.25, -0.2) is 0 Å². The highest BCUT2D eigenvalue weighted by atomic mass is 32.2. The maximum atomic E-state index is 10.3. The van der Waals surface area contributed by atoms with E-state index in [9.17, 15) is 4.79 Å². The first-order valence-electron chi connectivity index (χ1n) is 3.11. The fourth-order valence-corrected chi connectivity index (χ4v) is 3.42. The monoisotopic (exact) mass is 170 g/mol. The molecule has 10 heavy (non-hydrogen) atoms. The summed E-state index contributed by atoms with van der Waals surface area (Å²) in [6.07, 6.45) is 2.09. The number of carbonyl (C=O) groups is 1. The van der Waals surface area contributed by atoms with Crippen LogP contribution in [0.1, 0.15) is 14.5 Å². The molecule has 0 amide bonds. The molecule has 0 N–H and O–H groups in total. The molecule has 3 heteroatoms. The van der Waals surface area contributed by atoms with Crippen molar-refractivity contribution in [3.8, 4) is 0 Å². The van der Waals surface area contributed by atoms with Gasteiger partial charge in [-0.3, -0.25) is 4.79 Å². The van der Waals surface area contributed by atoms with E-state index >= 15 is 0 Å². The average Bonchev–Trinajstić information content (AvgIpc) is 2.42. The highest BCUT2D eigenvalue weighted by Gasteiger charge is 2.14. The quantitative estimate of drug-likeness (QED) is 0.601. The summed E-state index contributed by atoms with van der Waals surface area (Å²) in [5.41, 5.74) is 0. The summed E-state index contributed by atoms with van der Waals surface area (Å²) in [5, 5.41) is 0. The smallest absolute Gasteiger partial charge is 0.160 e. The lowest BCUT2D eigenvalue weighted by molar-refractivity contribution is 0.112. The lowest BCUT2D eigenvalue weighted by Gasteiger charge is -1.80. The van der Waals surface area contributed by atoms with Crippen molar-refractivity contribution in [2.24, 2.45) is 0 Å². The number of rotatable bonds is 1. The minimum atomic E-state index is 0.872. The van der Waals surface area contributed by atoms with Crippen LogP contribution in [0.4, 0.5) is 0 Å². The van der Waals surface area contributed by atoms with Crippen LogP contribution in [0.25, 0.3) is 0 Å². The third kappa shape index (κ3) is 0.896. The largest absolute Gasteiger partial charge is 0.297 e. The fourth-order valence-electron chi connectivity index (χ4n) is 1.04. The summed E-state index contributed by atoms with van der Waals surface area (Å²) >= 11 is 3.49. The SMILES string of the molecule is O=Cc1cc2c(s1)CCS2. The molecule has 1 nitrogen and oxygen atoms in total. The molecule has 0 saturated heterocycles. The van der Waals surface area contributed by atoms with Crippen LogP contribution in [-0.2, 0) is 6.42 Å². The van der Waals surface area contributed by atoms with Crippen LogP contribution in [0.5, 0.6) is 0 Å². The second-order valence-electron chi connectivity index (χ2n) is 2.15. The maximum Gasteiger partial charge on any atom is 0.160 e. The van der Waals surface area contributed by atoms with Gasteiger partial charge in [0.2, 0.25) is 0 Å². The Kier molecular flexibility index (Phi) is 1.54. The van der Waals surface area contributed by atoms with Crippen LogP contribution >= 0.6 is 23.1 Å². The van der Waals surface area contributed by atoms with Crippen molar-refractivity contribution >= 4 is 29.4 Å². The second kappa shape index (κ2) is 2.40. The van der Waals surface area contributed by atoms with Gasteiger partial charge in [0.05, 0.1) is 4.88 Å². The predicted octanol–water partition coefficient (Wildman–Crippen LogP) is 2.21. The molecule has 0 saturated carbocycles. The van der Waals surface area contributed by atoms with Gasteiger partial charge in [-0.05, 0) is 12.5 Å². The molecular weight excluding hydrogens is 164 g/mol. The molecule has 0 bridgehead atoms. The minimum absolute atomic E-state index is 0.872. The Morgan fingerprint density at radius 3 is 3.20 bits per heavy atom. The summed E-state index contributed by atoms with van der Waals surface area (Å²) in [4.78, 5) is 13.9. The van der Waals surface area contributed by atoms with Gasteiger partial charge in [0.25, 0.3) is 0 Å². The van der Waals surface area contributed by atoms with Crippen LogP contribution in [0.2, 0.25) is 0 Å². The van der Waals surface area contributed by atoms with Crippen molar-refractivity contribution in [1.29, 1.82) is 0 Å². The minimum Gasteiger partial charge on any atom is -0.297 e. The molecule has 0 fully saturated rings. The lowest BCUT2D eigenvalue weighted by Crippen LogP contribution is -1.72. The van der Waals surface area contributed by atoms with Gasteiger partial charge in [0.15, 0.2) is 6.29 Å². The van der Waals surface area contributed by atoms with E-state index in [0.29, 0.717) is 0 Å². The fraction of sp³-hybridized carbons (Fsp3) is 0.286. The lowest BCUT2D eigenvalue weighted by atomic mass is 10.4. The zero-order chi connectivity index (χ0) is 6.97.